The molecule has 0 spiro atoms. The Balaban J connectivity index is 1.35. The zero-order valence-corrected chi connectivity index (χ0v) is 22.4. The van der Waals surface area contributed by atoms with E-state index in [1.54, 1.807) is 6.20 Å². The molecule has 1 fully saturated rings. The van der Waals surface area contributed by atoms with Gasteiger partial charge in [0.1, 0.15) is 6.61 Å². The number of benzene rings is 2. The number of fused-ring (bicyclic) bond motifs is 1. The Bertz CT molecular complexity index is 1450. The van der Waals surface area contributed by atoms with Crippen LogP contribution in [0.3, 0.4) is 0 Å². The summed E-state index contributed by atoms with van der Waals surface area (Å²) in [5.74, 6) is 0.319. The van der Waals surface area contributed by atoms with Crippen molar-refractivity contribution < 1.29 is 9.53 Å². The second kappa shape index (κ2) is 11.1. The highest BCUT2D eigenvalue weighted by Gasteiger charge is 2.26. The largest absolute Gasteiger partial charge is 0.473 e. The smallest absolute Gasteiger partial charge is 0.247 e. The van der Waals surface area contributed by atoms with Crippen LogP contribution in [0.1, 0.15) is 24.4 Å². The quantitative estimate of drug-likeness (QED) is 0.261. The van der Waals surface area contributed by atoms with E-state index in [4.69, 9.17) is 4.74 Å². The van der Waals surface area contributed by atoms with Crippen molar-refractivity contribution in [1.29, 1.82) is 0 Å². The van der Waals surface area contributed by atoms with E-state index in [2.05, 4.69) is 61.7 Å². The Labute approximate surface area is 224 Å². The molecule has 1 amide bonds. The monoisotopic (exact) mass is 509 g/mol. The number of rotatable bonds is 11. The molecular formula is C31H35N5O2. The number of pyridine rings is 1. The third-order valence-electron chi connectivity index (χ3n) is 6.91. The second-order valence-corrected chi connectivity index (χ2v) is 10.1. The van der Waals surface area contributed by atoms with Crippen molar-refractivity contribution >= 4 is 28.2 Å². The zero-order chi connectivity index (χ0) is 26.6. The number of amides is 1. The van der Waals surface area contributed by atoms with Crippen molar-refractivity contribution in [2.75, 3.05) is 44.4 Å². The van der Waals surface area contributed by atoms with Crippen LogP contribution in [0.15, 0.2) is 79.6 Å². The third-order valence-corrected chi connectivity index (χ3v) is 6.91. The summed E-state index contributed by atoms with van der Waals surface area (Å²) >= 11 is 0. The maximum Gasteiger partial charge on any atom is 0.247 e. The number of carbonyl (C=O) groups excluding carboxylic acids is 1. The third kappa shape index (κ3) is 5.73. The fourth-order valence-corrected chi connectivity index (χ4v) is 4.66. The summed E-state index contributed by atoms with van der Waals surface area (Å²) < 4.78 is 8.53. The molecular weight excluding hydrogens is 474 g/mol. The van der Waals surface area contributed by atoms with Crippen LogP contribution in [0.2, 0.25) is 0 Å². The molecule has 1 N–H and O–H groups in total. The normalized spacial score (nSPS) is 13.1. The van der Waals surface area contributed by atoms with Gasteiger partial charge in [-0.1, -0.05) is 30.8 Å². The van der Waals surface area contributed by atoms with Gasteiger partial charge in [0.2, 0.25) is 11.8 Å². The van der Waals surface area contributed by atoms with Crippen LogP contribution >= 0.6 is 0 Å². The van der Waals surface area contributed by atoms with Gasteiger partial charge < -0.3 is 24.4 Å². The number of para-hydroxylation sites is 1. The van der Waals surface area contributed by atoms with Crippen molar-refractivity contribution in [3.63, 3.8) is 0 Å². The van der Waals surface area contributed by atoms with Crippen LogP contribution in [0.5, 0.6) is 5.88 Å². The highest BCUT2D eigenvalue weighted by molar-refractivity contribution is 6.01. The van der Waals surface area contributed by atoms with Gasteiger partial charge in [0.25, 0.3) is 0 Å². The lowest BCUT2D eigenvalue weighted by Crippen LogP contribution is -2.29. The standard InChI is InChI=1S/C31H35N5O2/c1-5-30(37)33-27-18-22(10-13-29(27)35(4)17-16-34(2)3)21-38-31-19-23(14-15-32-31)26-20-36(24-11-12-24)28-9-7-6-8-25(26)28/h5-10,13-15,18-20,24H,1,11-12,16-17,21H2,2-4H3,(H,33,37). The topological polar surface area (TPSA) is 62.6 Å². The molecule has 0 saturated heterocycles. The summed E-state index contributed by atoms with van der Waals surface area (Å²) in [4.78, 5) is 20.8. The van der Waals surface area contributed by atoms with Gasteiger partial charge in [0.15, 0.2) is 0 Å². The predicted octanol–water partition coefficient (Wildman–Crippen LogP) is 5.74. The molecule has 0 bridgehead atoms. The van der Waals surface area contributed by atoms with Crippen molar-refractivity contribution in [3.05, 3.63) is 85.2 Å². The first-order chi connectivity index (χ1) is 18.4. The fraction of sp³-hybridized carbons (Fsp3) is 0.290. The molecule has 0 atom stereocenters. The number of aromatic nitrogens is 2. The predicted molar refractivity (Wildman–Crippen MR) is 155 cm³/mol. The van der Waals surface area contributed by atoms with Crippen molar-refractivity contribution in [1.82, 2.24) is 14.5 Å². The van der Waals surface area contributed by atoms with Crippen LogP contribution in [0.4, 0.5) is 11.4 Å². The summed E-state index contributed by atoms with van der Waals surface area (Å²) in [6.45, 7) is 5.65. The molecule has 0 aliphatic heterocycles. The molecule has 2 aromatic heterocycles. The number of hydrogen-bond acceptors (Lipinski definition) is 5. The fourth-order valence-electron chi connectivity index (χ4n) is 4.66. The van der Waals surface area contributed by atoms with Gasteiger partial charge >= 0.3 is 0 Å². The first-order valence-corrected chi connectivity index (χ1v) is 13.0. The second-order valence-electron chi connectivity index (χ2n) is 10.1. The maximum atomic E-state index is 12.1. The molecule has 0 radical (unpaired) electrons. The molecule has 7 nitrogen and oxygen atoms in total. The van der Waals surface area contributed by atoms with Crippen LogP contribution < -0.4 is 15.0 Å². The summed E-state index contributed by atoms with van der Waals surface area (Å²) in [6, 6.07) is 19.2. The highest BCUT2D eigenvalue weighted by atomic mass is 16.5. The van der Waals surface area contributed by atoms with Crippen LogP contribution in [0, 0.1) is 0 Å². The van der Waals surface area contributed by atoms with Gasteiger partial charge in [-0.2, -0.15) is 0 Å². The van der Waals surface area contributed by atoms with E-state index in [1.165, 1.54) is 35.4 Å². The van der Waals surface area contributed by atoms with Crippen LogP contribution in [-0.4, -0.2) is 54.6 Å². The van der Waals surface area contributed by atoms with Gasteiger partial charge in [0.05, 0.1) is 11.4 Å². The van der Waals surface area contributed by atoms with E-state index in [1.807, 2.05) is 51.5 Å². The van der Waals surface area contributed by atoms with Crippen molar-refractivity contribution in [2.24, 2.45) is 0 Å². The van der Waals surface area contributed by atoms with E-state index >= 15 is 0 Å². The van der Waals surface area contributed by atoms with E-state index < -0.39 is 0 Å². The van der Waals surface area contributed by atoms with Gasteiger partial charge in [-0.3, -0.25) is 4.79 Å². The summed E-state index contributed by atoms with van der Waals surface area (Å²) in [5, 5.41) is 4.19. The summed E-state index contributed by atoms with van der Waals surface area (Å²) in [5.41, 5.74) is 6.16. The van der Waals surface area contributed by atoms with Gasteiger partial charge in [-0.25, -0.2) is 4.98 Å². The first kappa shape index (κ1) is 25.5. The van der Waals surface area contributed by atoms with Gasteiger partial charge in [-0.05, 0) is 68.4 Å². The van der Waals surface area contributed by atoms with E-state index in [0.29, 0.717) is 18.5 Å². The Morgan fingerprint density at radius 3 is 2.71 bits per heavy atom. The van der Waals surface area contributed by atoms with Crippen molar-refractivity contribution in [2.45, 2.75) is 25.5 Å². The molecule has 1 saturated carbocycles. The Hall–Kier alpha value is -4.10. The molecule has 1 aliphatic carbocycles. The van der Waals surface area contributed by atoms with Crippen molar-refractivity contribution in [3.8, 4) is 17.0 Å². The number of anilines is 2. The van der Waals surface area contributed by atoms with E-state index in [9.17, 15) is 4.79 Å². The average Bonchev–Trinajstić information content (AvgIpc) is 3.70. The van der Waals surface area contributed by atoms with Gasteiger partial charge in [-0.15, -0.1) is 0 Å². The minimum absolute atomic E-state index is 0.245. The molecule has 196 valence electrons. The van der Waals surface area contributed by atoms with Crippen LogP contribution in [0.25, 0.3) is 22.0 Å². The first-order valence-electron chi connectivity index (χ1n) is 13.0. The Morgan fingerprint density at radius 2 is 1.95 bits per heavy atom. The maximum absolute atomic E-state index is 12.1. The number of nitrogens with zero attached hydrogens (tertiary/aromatic N) is 4. The molecule has 2 heterocycles. The average molecular weight is 510 g/mol. The van der Waals surface area contributed by atoms with E-state index in [-0.39, 0.29) is 5.91 Å². The van der Waals surface area contributed by atoms with E-state index in [0.717, 1.165) is 35.6 Å². The molecule has 2 aromatic carbocycles. The number of hydrogen-bond donors (Lipinski definition) is 1. The highest BCUT2D eigenvalue weighted by Crippen LogP contribution is 2.41. The SMILES string of the molecule is C=CC(=O)Nc1cc(COc2cc(-c3cn(C4CC4)c4ccccc34)ccn2)ccc1N(C)CCN(C)C. The molecule has 5 rings (SSSR count). The number of likely N-dealkylation sites (N-methyl/N-ethyl adjacent to an activating group) is 2. The molecule has 38 heavy (non-hydrogen) atoms. The minimum Gasteiger partial charge on any atom is -0.473 e. The molecule has 7 heteroatoms. The van der Waals surface area contributed by atoms with Crippen LogP contribution in [-0.2, 0) is 11.4 Å². The summed E-state index contributed by atoms with van der Waals surface area (Å²) in [6.07, 6.45) is 7.82. The zero-order valence-electron chi connectivity index (χ0n) is 22.4. The lowest BCUT2D eigenvalue weighted by Gasteiger charge is -2.24. The number of nitrogens with one attached hydrogen (secondary N) is 1. The number of ether oxygens (including phenoxy) is 1. The molecule has 0 unspecified atom stereocenters. The number of carbonyl (C=O) groups is 1. The minimum atomic E-state index is -0.245. The Kier molecular flexibility index (Phi) is 7.47. The lowest BCUT2D eigenvalue weighted by molar-refractivity contribution is -0.111. The Morgan fingerprint density at radius 1 is 1.13 bits per heavy atom. The van der Waals surface area contributed by atoms with Gasteiger partial charge in [0, 0.05) is 61.1 Å². The molecule has 1 aliphatic rings. The lowest BCUT2D eigenvalue weighted by atomic mass is 10.1. The molecule has 4 aromatic rings. The summed E-state index contributed by atoms with van der Waals surface area (Å²) in [7, 11) is 6.11.